The van der Waals surface area contributed by atoms with Crippen molar-refractivity contribution in [2.24, 2.45) is 5.92 Å². The normalized spacial score (nSPS) is 29.2. The van der Waals surface area contributed by atoms with Crippen molar-refractivity contribution in [2.75, 3.05) is 0 Å². The van der Waals surface area contributed by atoms with E-state index in [4.69, 9.17) is 0 Å². The first-order chi connectivity index (χ1) is 9.57. The maximum atomic E-state index is 12.4. The second-order valence-corrected chi connectivity index (χ2v) is 8.64. The number of fused-ring (bicyclic) bond motifs is 3. The molecule has 0 amide bonds. The van der Waals surface area contributed by atoms with E-state index in [1.807, 2.05) is 0 Å². The summed E-state index contributed by atoms with van der Waals surface area (Å²) in [5, 5.41) is 0. The summed E-state index contributed by atoms with van der Waals surface area (Å²) in [7, 11) is 0. The maximum absolute atomic E-state index is 12.4. The van der Waals surface area contributed by atoms with Crippen LogP contribution in [0.2, 0.25) is 0 Å². The van der Waals surface area contributed by atoms with E-state index in [9.17, 15) is 4.79 Å². The highest BCUT2D eigenvalue weighted by atomic mass is 16.1. The Hall–Kier alpha value is -1.11. The molecule has 2 atom stereocenters. The third-order valence-electron chi connectivity index (χ3n) is 6.25. The number of rotatable bonds is 0. The first-order valence-electron chi connectivity index (χ1n) is 8.29. The molecular weight excluding hydrogens is 256 g/mol. The molecule has 0 saturated carbocycles. The highest BCUT2D eigenvalue weighted by Crippen LogP contribution is 2.54. The van der Waals surface area contributed by atoms with Gasteiger partial charge in [0.25, 0.3) is 0 Å². The molecule has 0 heterocycles. The summed E-state index contributed by atoms with van der Waals surface area (Å²) < 4.78 is 0. The minimum absolute atomic E-state index is 0.168. The molecule has 1 aromatic rings. The van der Waals surface area contributed by atoms with Gasteiger partial charge in [-0.3, -0.25) is 4.79 Å². The topological polar surface area (TPSA) is 17.1 Å². The van der Waals surface area contributed by atoms with Crippen LogP contribution >= 0.6 is 0 Å². The van der Waals surface area contributed by atoms with Gasteiger partial charge in [-0.15, -0.1) is 0 Å². The fraction of sp³-hybridized carbons (Fsp3) is 0.650. The molecule has 1 heteroatoms. The van der Waals surface area contributed by atoms with Crippen LogP contribution in [-0.2, 0) is 10.8 Å². The number of carbonyl (C=O) groups is 1. The van der Waals surface area contributed by atoms with Crippen LogP contribution in [0, 0.1) is 12.8 Å². The van der Waals surface area contributed by atoms with Gasteiger partial charge in [0, 0.05) is 12.0 Å². The Morgan fingerprint density at radius 2 is 1.76 bits per heavy atom. The zero-order valence-electron chi connectivity index (χ0n) is 14.6. The van der Waals surface area contributed by atoms with Crippen molar-refractivity contribution < 1.29 is 4.79 Å². The van der Waals surface area contributed by atoms with E-state index in [1.54, 1.807) is 0 Å². The predicted molar refractivity (Wildman–Crippen MR) is 88.4 cm³/mol. The van der Waals surface area contributed by atoms with Gasteiger partial charge in [-0.1, -0.05) is 47.6 Å². The minimum atomic E-state index is 0.168. The highest BCUT2D eigenvalue weighted by molar-refractivity contribution is 6.03. The lowest BCUT2D eigenvalue weighted by Gasteiger charge is -2.48. The van der Waals surface area contributed by atoms with E-state index in [-0.39, 0.29) is 10.8 Å². The second kappa shape index (κ2) is 4.21. The number of aryl methyl sites for hydroxylation is 1. The molecule has 2 aliphatic rings. The summed E-state index contributed by atoms with van der Waals surface area (Å²) in [6.07, 6.45) is 1.89. The Morgan fingerprint density at radius 3 is 2.38 bits per heavy atom. The number of Topliss-reactive ketones (excluding diaryl/α,β-unsaturated/α-hetero) is 1. The lowest BCUT2D eigenvalue weighted by Crippen LogP contribution is -2.41. The van der Waals surface area contributed by atoms with Crippen molar-refractivity contribution in [3.8, 4) is 0 Å². The lowest BCUT2D eigenvalue weighted by atomic mass is 9.56. The van der Waals surface area contributed by atoms with E-state index < -0.39 is 0 Å². The SMILES string of the molecule is Cc1cc2c(c3c1C(=O)CC3C)C(C)(C)CC(C)C2(C)C. The van der Waals surface area contributed by atoms with Gasteiger partial charge in [-0.25, -0.2) is 0 Å². The molecule has 1 nitrogen and oxygen atoms in total. The molecule has 0 bridgehead atoms. The average molecular weight is 284 g/mol. The average Bonchev–Trinajstić information content (AvgIpc) is 2.63. The third kappa shape index (κ3) is 1.86. The third-order valence-corrected chi connectivity index (χ3v) is 6.25. The van der Waals surface area contributed by atoms with E-state index in [1.165, 1.54) is 28.7 Å². The monoisotopic (exact) mass is 284 g/mol. The van der Waals surface area contributed by atoms with Crippen LogP contribution < -0.4 is 0 Å². The molecule has 0 saturated heterocycles. The number of ketones is 1. The quantitative estimate of drug-likeness (QED) is 0.633. The summed E-state index contributed by atoms with van der Waals surface area (Å²) in [5.74, 6) is 1.39. The van der Waals surface area contributed by atoms with Gasteiger partial charge in [0.1, 0.15) is 0 Å². The molecule has 2 aliphatic carbocycles. The van der Waals surface area contributed by atoms with Crippen LogP contribution in [0.5, 0.6) is 0 Å². The molecule has 0 aromatic heterocycles. The second-order valence-electron chi connectivity index (χ2n) is 8.64. The molecule has 0 aliphatic heterocycles. The van der Waals surface area contributed by atoms with Gasteiger partial charge >= 0.3 is 0 Å². The van der Waals surface area contributed by atoms with Crippen LogP contribution in [0.4, 0.5) is 0 Å². The summed E-state index contributed by atoms with van der Waals surface area (Å²) in [5.41, 5.74) is 6.95. The number of carbonyl (C=O) groups excluding carboxylic acids is 1. The number of hydrogen-bond donors (Lipinski definition) is 0. The van der Waals surface area contributed by atoms with Crippen molar-refractivity contribution in [3.05, 3.63) is 33.9 Å². The molecule has 21 heavy (non-hydrogen) atoms. The summed E-state index contributed by atoms with van der Waals surface area (Å²) in [6, 6.07) is 2.32. The van der Waals surface area contributed by atoms with Crippen molar-refractivity contribution in [1.29, 1.82) is 0 Å². The van der Waals surface area contributed by atoms with E-state index >= 15 is 0 Å². The van der Waals surface area contributed by atoms with E-state index in [0.717, 1.165) is 5.56 Å². The Morgan fingerprint density at radius 1 is 1.14 bits per heavy atom. The highest BCUT2D eigenvalue weighted by Gasteiger charge is 2.46. The smallest absolute Gasteiger partial charge is 0.164 e. The Bertz CT molecular complexity index is 634. The van der Waals surface area contributed by atoms with Crippen LogP contribution in [-0.4, -0.2) is 5.78 Å². The lowest BCUT2D eigenvalue weighted by molar-refractivity contribution is 0.0989. The summed E-state index contributed by atoms with van der Waals surface area (Å²) in [4.78, 5) is 12.4. The van der Waals surface area contributed by atoms with Gasteiger partial charge in [0.15, 0.2) is 5.78 Å². The van der Waals surface area contributed by atoms with E-state index in [2.05, 4.69) is 54.5 Å². The zero-order chi connectivity index (χ0) is 15.7. The van der Waals surface area contributed by atoms with Crippen molar-refractivity contribution in [1.82, 2.24) is 0 Å². The summed E-state index contributed by atoms with van der Waals surface area (Å²) in [6.45, 7) is 16.2. The fourth-order valence-corrected chi connectivity index (χ4v) is 4.81. The van der Waals surface area contributed by atoms with Crippen LogP contribution in [0.3, 0.4) is 0 Å². The molecule has 2 unspecified atom stereocenters. The van der Waals surface area contributed by atoms with Crippen LogP contribution in [0.25, 0.3) is 0 Å². The van der Waals surface area contributed by atoms with Crippen molar-refractivity contribution in [2.45, 2.75) is 78.1 Å². The largest absolute Gasteiger partial charge is 0.294 e. The van der Waals surface area contributed by atoms with Gasteiger partial charge in [-0.2, -0.15) is 0 Å². The molecule has 0 radical (unpaired) electrons. The Balaban J connectivity index is 2.42. The Labute approximate surface area is 129 Å². The number of hydrogen-bond acceptors (Lipinski definition) is 1. The van der Waals surface area contributed by atoms with Gasteiger partial charge < -0.3 is 0 Å². The van der Waals surface area contributed by atoms with Crippen LogP contribution in [0.1, 0.15) is 92.9 Å². The molecule has 114 valence electrons. The molecular formula is C20H28O. The molecule has 3 rings (SSSR count). The predicted octanol–water partition coefficient (Wildman–Crippen LogP) is 5.28. The minimum Gasteiger partial charge on any atom is -0.294 e. The first kappa shape index (κ1) is 14.8. The van der Waals surface area contributed by atoms with Gasteiger partial charge in [0.2, 0.25) is 0 Å². The zero-order valence-corrected chi connectivity index (χ0v) is 14.6. The molecule has 0 spiro atoms. The Kier molecular flexibility index (Phi) is 2.97. The van der Waals surface area contributed by atoms with Crippen LogP contribution in [0.15, 0.2) is 6.07 Å². The van der Waals surface area contributed by atoms with Crippen molar-refractivity contribution >= 4 is 5.78 Å². The fourth-order valence-electron chi connectivity index (χ4n) is 4.81. The molecule has 0 fully saturated rings. The molecule has 1 aromatic carbocycles. The van der Waals surface area contributed by atoms with Gasteiger partial charge in [0.05, 0.1) is 0 Å². The van der Waals surface area contributed by atoms with Crippen molar-refractivity contribution in [3.63, 3.8) is 0 Å². The summed E-state index contributed by atoms with van der Waals surface area (Å²) >= 11 is 0. The molecule has 0 N–H and O–H groups in total. The number of benzene rings is 1. The standard InChI is InChI=1S/C20H28O/c1-11-8-14-18(17-12(2)9-15(21)16(11)17)19(4,5)10-13(3)20(14,6)7/h8,12-13H,9-10H2,1-7H3. The van der Waals surface area contributed by atoms with Gasteiger partial charge in [-0.05, 0) is 58.3 Å². The van der Waals surface area contributed by atoms with E-state index in [0.29, 0.717) is 24.0 Å². The first-order valence-corrected chi connectivity index (χ1v) is 8.29. The maximum Gasteiger partial charge on any atom is 0.164 e.